The SMILES string of the molecule is CC(C)[C@H](NC(=O)[C@@H](Cc1c[nH]c2ccccc12)NC(=O)[C@H](Cc1ccc(O)cc1)NC(=O)[C@@H](N)CC(=O)O)C(=O)N[C@H](Cc1c[nH]c2ccccc12)C(=O)N[C@H](Cc1c[nH]c2ccccc12)C(=O)N[C@@H](CCCN=C(N)N)C(=O)O. The van der Waals surface area contributed by atoms with Gasteiger partial charge < -0.3 is 79.4 Å². The second kappa shape index (κ2) is 27.2. The van der Waals surface area contributed by atoms with Gasteiger partial charge in [0.2, 0.25) is 35.4 Å². The van der Waals surface area contributed by atoms with E-state index in [1.165, 1.54) is 24.3 Å². The lowest BCUT2D eigenvalue weighted by Crippen LogP contribution is -2.61. The van der Waals surface area contributed by atoms with Gasteiger partial charge in [0.1, 0.15) is 42.0 Å². The topological polar surface area (TPSA) is 407 Å². The summed E-state index contributed by atoms with van der Waals surface area (Å²) in [6.07, 6.45) is 3.86. The van der Waals surface area contributed by atoms with Crippen molar-refractivity contribution >= 4 is 86.1 Å². The molecule has 0 saturated carbocycles. The molecule has 0 bridgehead atoms. The van der Waals surface area contributed by atoms with E-state index in [1.54, 1.807) is 50.6 Å². The Bertz CT molecular complexity index is 3420. The van der Waals surface area contributed by atoms with E-state index in [0.29, 0.717) is 22.3 Å². The van der Waals surface area contributed by atoms with Crippen LogP contribution in [0.25, 0.3) is 32.7 Å². The van der Waals surface area contributed by atoms with Gasteiger partial charge in [-0.1, -0.05) is 80.6 Å². The Morgan fingerprint density at radius 3 is 1.33 bits per heavy atom. The normalized spacial score (nSPS) is 13.9. The van der Waals surface area contributed by atoms with Gasteiger partial charge in [0.15, 0.2) is 5.96 Å². The number of guanidine groups is 1. The van der Waals surface area contributed by atoms with E-state index in [0.717, 1.165) is 32.7 Å². The molecule has 24 nitrogen and oxygen atoms in total. The molecule has 0 spiro atoms. The Balaban J connectivity index is 1.18. The molecule has 0 unspecified atom stereocenters. The zero-order valence-electron chi connectivity index (χ0n) is 44.5. The summed E-state index contributed by atoms with van der Waals surface area (Å²) in [7, 11) is 0. The number of amides is 6. The van der Waals surface area contributed by atoms with Crippen molar-refractivity contribution in [1.29, 1.82) is 0 Å². The van der Waals surface area contributed by atoms with Gasteiger partial charge in [0.05, 0.1) is 12.5 Å². The molecular weight excluding hydrogens is 1040 g/mol. The predicted octanol–water partition coefficient (Wildman–Crippen LogP) is 1.61. The molecular formula is C57H67N13O11. The highest BCUT2D eigenvalue weighted by Gasteiger charge is 2.36. The number of phenols is 1. The Kier molecular flexibility index (Phi) is 19.8. The van der Waals surface area contributed by atoms with E-state index in [2.05, 4.69) is 51.8 Å². The van der Waals surface area contributed by atoms with Crippen LogP contribution >= 0.6 is 0 Å². The largest absolute Gasteiger partial charge is 0.508 e. The fourth-order valence-corrected chi connectivity index (χ4v) is 9.45. The average Bonchev–Trinajstić information content (AvgIpc) is 4.23. The summed E-state index contributed by atoms with van der Waals surface area (Å²) in [4.78, 5) is 124. The van der Waals surface area contributed by atoms with Crippen molar-refractivity contribution in [3.05, 3.63) is 138 Å². The van der Waals surface area contributed by atoms with Crippen LogP contribution in [0.5, 0.6) is 5.75 Å². The van der Waals surface area contributed by atoms with E-state index in [9.17, 15) is 53.7 Å². The maximum Gasteiger partial charge on any atom is 0.326 e. The average molecular weight is 1110 g/mol. The van der Waals surface area contributed by atoms with Crippen LogP contribution in [0.1, 0.15) is 55.4 Å². The number of phenolic OH excluding ortho intramolecular Hbond substituents is 1. The lowest BCUT2D eigenvalue weighted by atomic mass is 9.98. The van der Waals surface area contributed by atoms with Crippen LogP contribution in [0, 0.1) is 5.92 Å². The molecule has 0 saturated heterocycles. The number of aromatic hydroxyl groups is 1. The van der Waals surface area contributed by atoms with Crippen molar-refractivity contribution < 1.29 is 53.7 Å². The Morgan fingerprint density at radius 1 is 0.519 bits per heavy atom. The van der Waals surface area contributed by atoms with E-state index in [-0.39, 0.29) is 56.8 Å². The Morgan fingerprint density at radius 2 is 0.914 bits per heavy atom. The first-order valence-corrected chi connectivity index (χ1v) is 26.2. The highest BCUT2D eigenvalue weighted by atomic mass is 16.4. The number of carbonyl (C=O) groups is 8. The van der Waals surface area contributed by atoms with Gasteiger partial charge in [-0.05, 0) is 71.3 Å². The van der Waals surface area contributed by atoms with E-state index in [1.807, 2.05) is 54.6 Å². The van der Waals surface area contributed by atoms with Crippen LogP contribution in [0.4, 0.5) is 0 Å². The number of H-pyrrole nitrogens is 3. The van der Waals surface area contributed by atoms with Crippen LogP contribution in [-0.4, -0.2) is 132 Å². The molecule has 0 radical (unpaired) electrons. The summed E-state index contributed by atoms with van der Waals surface area (Å²) in [5, 5.41) is 47.9. The van der Waals surface area contributed by atoms with Crippen LogP contribution in [0.15, 0.2) is 121 Å². The molecule has 81 heavy (non-hydrogen) atoms. The predicted molar refractivity (Wildman–Crippen MR) is 302 cm³/mol. The second-order valence-corrected chi connectivity index (χ2v) is 20.1. The van der Waals surface area contributed by atoms with E-state index >= 15 is 0 Å². The number of aliphatic imine (C=N–C) groups is 1. The molecule has 0 aliphatic rings. The molecule has 7 atom stereocenters. The highest BCUT2D eigenvalue weighted by molar-refractivity contribution is 5.99. The minimum atomic E-state index is -1.54. The van der Waals surface area contributed by atoms with E-state index < -0.39 is 102 Å². The zero-order valence-corrected chi connectivity index (χ0v) is 44.5. The summed E-state index contributed by atoms with van der Waals surface area (Å²) >= 11 is 0. The van der Waals surface area contributed by atoms with E-state index in [4.69, 9.17) is 17.2 Å². The number of fused-ring (bicyclic) bond motifs is 3. The number of aliphatic carboxylic acids is 2. The number of hydrogen-bond donors (Lipinski definition) is 15. The summed E-state index contributed by atoms with van der Waals surface area (Å²) in [5.74, 6) is -8.72. The van der Waals surface area contributed by atoms with Crippen molar-refractivity contribution in [1.82, 2.24) is 46.9 Å². The van der Waals surface area contributed by atoms with Crippen molar-refractivity contribution in [3.8, 4) is 5.75 Å². The van der Waals surface area contributed by atoms with Crippen LogP contribution in [-0.2, 0) is 64.0 Å². The lowest BCUT2D eigenvalue weighted by molar-refractivity contribution is -0.142. The molecule has 4 aromatic carbocycles. The first-order valence-electron chi connectivity index (χ1n) is 26.2. The molecule has 24 heteroatoms. The maximum absolute atomic E-state index is 15.0. The van der Waals surface area contributed by atoms with Crippen LogP contribution in [0.2, 0.25) is 0 Å². The number of rotatable bonds is 28. The number of nitrogens with zero attached hydrogens (tertiary/aromatic N) is 1. The maximum atomic E-state index is 15.0. The number of carboxylic acids is 2. The molecule has 0 aliphatic carbocycles. The van der Waals surface area contributed by atoms with Crippen LogP contribution < -0.4 is 49.1 Å². The number of nitrogens with two attached hydrogens (primary N) is 3. The Hall–Kier alpha value is -9.71. The molecule has 0 aliphatic heterocycles. The molecule has 3 aromatic heterocycles. The number of aromatic nitrogens is 3. The Labute approximate surface area is 464 Å². The van der Waals surface area contributed by atoms with Gasteiger partial charge in [0.25, 0.3) is 0 Å². The molecule has 6 amide bonds. The van der Waals surface area contributed by atoms with Crippen molar-refractivity contribution in [3.63, 3.8) is 0 Å². The molecule has 0 fully saturated rings. The van der Waals surface area contributed by atoms with Gasteiger partial charge in [-0.25, -0.2) is 4.79 Å². The lowest BCUT2D eigenvalue weighted by Gasteiger charge is -2.29. The quantitative estimate of drug-likeness (QED) is 0.0188. The van der Waals surface area contributed by atoms with Crippen molar-refractivity contribution in [2.75, 3.05) is 6.54 Å². The fourth-order valence-electron chi connectivity index (χ4n) is 9.45. The number of benzene rings is 4. The molecule has 3 heterocycles. The number of carboxylic acid groups (broad SMARTS) is 2. The molecule has 426 valence electrons. The monoisotopic (exact) mass is 1110 g/mol. The molecule has 18 N–H and O–H groups in total. The number of carbonyl (C=O) groups excluding carboxylic acids is 6. The first-order chi connectivity index (χ1) is 38.7. The van der Waals surface area contributed by atoms with Gasteiger partial charge >= 0.3 is 11.9 Å². The third-order valence-corrected chi connectivity index (χ3v) is 13.7. The smallest absolute Gasteiger partial charge is 0.326 e. The third kappa shape index (κ3) is 16.0. The van der Waals surface area contributed by atoms with Crippen molar-refractivity contribution in [2.24, 2.45) is 28.1 Å². The number of hydrogen-bond acceptors (Lipinski definition) is 11. The molecule has 7 rings (SSSR count). The van der Waals surface area contributed by atoms with Crippen molar-refractivity contribution in [2.45, 2.75) is 101 Å². The number of para-hydroxylation sites is 3. The standard InChI is InChI=1S/C57H67N13O11/c1-30(2)49(70-54(78)47(25-34-29-64-42-15-8-5-12-38(34)42)68-51(75)44(22-31-17-19-35(71)20-18-31)66-50(74)39(58)26-48(72)73)55(79)69-46(24-33-28-63-41-14-7-4-11-37(33)41)53(77)67-45(23-32-27-62-40-13-6-3-10-36(32)40)52(76)65-43(56(80)81)16-9-21-61-57(59)60/h3-8,10-15,17-20,27-30,39,43-47,49,62-64,71H,9,16,21-26,58H2,1-2H3,(H,65,76)(H,66,74)(H,67,77)(H,68,75)(H,69,79)(H,70,78)(H,72,73)(H,80,81)(H4,59,60,61)/t39-,43-,44-,45+,46+,47+,49-/m0/s1. The summed E-state index contributed by atoms with van der Waals surface area (Å²) in [6, 6.07) is 17.6. The van der Waals surface area contributed by atoms with Gasteiger partial charge in [-0.3, -0.25) is 38.6 Å². The molecule has 7 aromatic rings. The zero-order chi connectivity index (χ0) is 58.3. The summed E-state index contributed by atoms with van der Waals surface area (Å²) < 4.78 is 0. The highest BCUT2D eigenvalue weighted by Crippen LogP contribution is 2.23. The van der Waals surface area contributed by atoms with Gasteiger partial charge in [-0.15, -0.1) is 0 Å². The second-order valence-electron chi connectivity index (χ2n) is 20.1. The van der Waals surface area contributed by atoms with Gasteiger partial charge in [-0.2, -0.15) is 0 Å². The summed E-state index contributed by atoms with van der Waals surface area (Å²) in [5.41, 5.74) is 21.3. The third-order valence-electron chi connectivity index (χ3n) is 13.7. The minimum Gasteiger partial charge on any atom is -0.508 e. The summed E-state index contributed by atoms with van der Waals surface area (Å²) in [6.45, 7) is 3.42. The number of aromatic amines is 3. The minimum absolute atomic E-state index is 0.0558. The first kappa shape index (κ1) is 59.0. The van der Waals surface area contributed by atoms with Gasteiger partial charge in [0, 0.05) is 83.5 Å². The number of nitrogens with one attached hydrogen (secondary N) is 9. The van der Waals surface area contributed by atoms with Crippen LogP contribution in [0.3, 0.4) is 0 Å². The fraction of sp³-hybridized carbons (Fsp3) is 0.316.